The molecular weight excluding hydrogens is 368 g/mol. The molecule has 0 aliphatic carbocycles. The van der Waals surface area contributed by atoms with Crippen LogP contribution in [0.1, 0.15) is 37.4 Å². The molecule has 1 heterocycles. The largest absolute Gasteiger partial charge is 0.489 e. The maximum absolute atomic E-state index is 12.8. The van der Waals surface area contributed by atoms with Gasteiger partial charge in [-0.05, 0) is 43.5 Å². The number of esters is 1. The lowest BCUT2D eigenvalue weighted by Crippen LogP contribution is -2.37. The first-order chi connectivity index (χ1) is 14.0. The number of carbonyl (C=O) groups excluding carboxylic acids is 2. The Morgan fingerprint density at radius 2 is 1.90 bits per heavy atom. The van der Waals surface area contributed by atoms with E-state index in [1.54, 1.807) is 0 Å². The van der Waals surface area contributed by atoms with Gasteiger partial charge >= 0.3 is 5.97 Å². The average Bonchev–Trinajstić information content (AvgIpc) is 3.18. The van der Waals surface area contributed by atoms with E-state index in [2.05, 4.69) is 10.6 Å². The summed E-state index contributed by atoms with van der Waals surface area (Å²) in [5.41, 5.74) is 1.99. The normalized spacial score (nSPS) is 21.0. The summed E-state index contributed by atoms with van der Waals surface area (Å²) in [5, 5.41) is 6.23. The van der Waals surface area contributed by atoms with Crippen molar-refractivity contribution in [1.29, 1.82) is 0 Å². The summed E-state index contributed by atoms with van der Waals surface area (Å²) in [6.45, 7) is 4.31. The molecule has 1 aliphatic heterocycles. The van der Waals surface area contributed by atoms with E-state index in [4.69, 9.17) is 9.47 Å². The molecule has 6 heteroatoms. The van der Waals surface area contributed by atoms with Crippen LogP contribution in [0.3, 0.4) is 0 Å². The first kappa shape index (κ1) is 20.9. The molecule has 29 heavy (non-hydrogen) atoms. The zero-order valence-corrected chi connectivity index (χ0v) is 17.1. The van der Waals surface area contributed by atoms with E-state index in [1.165, 1.54) is 7.11 Å². The summed E-state index contributed by atoms with van der Waals surface area (Å²) in [4.78, 5) is 24.8. The molecule has 3 atom stereocenters. The van der Waals surface area contributed by atoms with Crippen molar-refractivity contribution in [1.82, 2.24) is 10.6 Å². The first-order valence-corrected chi connectivity index (χ1v) is 9.89. The van der Waals surface area contributed by atoms with Crippen LogP contribution in [0.2, 0.25) is 0 Å². The van der Waals surface area contributed by atoms with Gasteiger partial charge in [-0.1, -0.05) is 42.5 Å². The van der Waals surface area contributed by atoms with Gasteiger partial charge in [0, 0.05) is 12.1 Å². The molecule has 0 radical (unpaired) electrons. The Morgan fingerprint density at radius 1 is 1.14 bits per heavy atom. The Hall–Kier alpha value is -2.86. The van der Waals surface area contributed by atoms with E-state index in [0.29, 0.717) is 13.0 Å². The number of ether oxygens (including phenoxy) is 2. The second-order valence-corrected chi connectivity index (χ2v) is 7.57. The van der Waals surface area contributed by atoms with Gasteiger partial charge in [-0.15, -0.1) is 0 Å². The summed E-state index contributed by atoms with van der Waals surface area (Å²) < 4.78 is 10.8. The number of amides is 1. The van der Waals surface area contributed by atoms with Crippen LogP contribution in [0, 0.1) is 5.92 Å². The fraction of sp³-hybridized carbons (Fsp3) is 0.391. The zero-order valence-electron chi connectivity index (χ0n) is 17.1. The number of methoxy groups -OCH3 is 1. The third kappa shape index (κ3) is 5.35. The number of hydrogen-bond acceptors (Lipinski definition) is 5. The van der Waals surface area contributed by atoms with Crippen molar-refractivity contribution in [2.24, 2.45) is 5.92 Å². The summed E-state index contributed by atoms with van der Waals surface area (Å²) in [6.07, 6.45) is 0.394. The van der Waals surface area contributed by atoms with E-state index in [0.717, 1.165) is 16.9 Å². The quantitative estimate of drug-likeness (QED) is 0.704. The Kier molecular flexibility index (Phi) is 6.88. The van der Waals surface area contributed by atoms with E-state index >= 15 is 0 Å². The minimum Gasteiger partial charge on any atom is -0.489 e. The van der Waals surface area contributed by atoms with E-state index < -0.39 is 6.04 Å². The molecule has 0 saturated carbocycles. The van der Waals surface area contributed by atoms with Gasteiger partial charge < -0.3 is 14.8 Å². The van der Waals surface area contributed by atoms with Crippen LogP contribution in [0.25, 0.3) is 0 Å². The van der Waals surface area contributed by atoms with E-state index in [1.807, 2.05) is 68.4 Å². The van der Waals surface area contributed by atoms with Crippen LogP contribution in [0.4, 0.5) is 0 Å². The summed E-state index contributed by atoms with van der Waals surface area (Å²) >= 11 is 0. The fourth-order valence-electron chi connectivity index (χ4n) is 3.61. The van der Waals surface area contributed by atoms with Crippen molar-refractivity contribution in [2.75, 3.05) is 7.11 Å². The average molecular weight is 396 g/mol. The molecule has 1 aliphatic rings. The molecule has 3 rings (SSSR count). The highest BCUT2D eigenvalue weighted by atomic mass is 16.5. The SMILES string of the molecule is COC(=O)[C@@H]1C[C@H](C(=O)NC(C)C)[C@H](c2cccc(OCc3ccccc3)c2)N1. The lowest BCUT2D eigenvalue weighted by molar-refractivity contribution is -0.142. The van der Waals surface area contributed by atoms with Crippen molar-refractivity contribution in [3.8, 4) is 5.75 Å². The lowest BCUT2D eigenvalue weighted by atomic mass is 9.92. The molecule has 0 unspecified atom stereocenters. The van der Waals surface area contributed by atoms with Gasteiger partial charge in [-0.2, -0.15) is 0 Å². The lowest BCUT2D eigenvalue weighted by Gasteiger charge is -2.21. The number of hydrogen-bond donors (Lipinski definition) is 2. The third-order valence-corrected chi connectivity index (χ3v) is 4.99. The van der Waals surface area contributed by atoms with Crippen molar-refractivity contribution in [3.05, 3.63) is 65.7 Å². The topological polar surface area (TPSA) is 76.7 Å². The van der Waals surface area contributed by atoms with Gasteiger partial charge in [0.1, 0.15) is 18.4 Å². The smallest absolute Gasteiger partial charge is 0.322 e. The summed E-state index contributed by atoms with van der Waals surface area (Å²) in [5.74, 6) is -0.0746. The second-order valence-electron chi connectivity index (χ2n) is 7.57. The van der Waals surface area contributed by atoms with Crippen molar-refractivity contribution in [2.45, 2.75) is 45.0 Å². The second kappa shape index (κ2) is 9.56. The molecule has 1 amide bonds. The van der Waals surface area contributed by atoms with Gasteiger partial charge in [0.2, 0.25) is 5.91 Å². The Bertz CT molecular complexity index is 838. The highest BCUT2D eigenvalue weighted by molar-refractivity contribution is 5.83. The zero-order chi connectivity index (χ0) is 20.8. The minimum absolute atomic E-state index is 0.0286. The molecule has 1 fully saturated rings. The number of carbonyl (C=O) groups is 2. The summed E-state index contributed by atoms with van der Waals surface area (Å²) in [6, 6.07) is 16.8. The molecule has 0 bridgehead atoms. The van der Waals surface area contributed by atoms with Gasteiger partial charge in [0.15, 0.2) is 0 Å². The first-order valence-electron chi connectivity index (χ1n) is 9.89. The Morgan fingerprint density at radius 3 is 2.59 bits per heavy atom. The molecule has 154 valence electrons. The highest BCUT2D eigenvalue weighted by Crippen LogP contribution is 2.35. The molecular formula is C23H28N2O4. The van der Waals surface area contributed by atoms with Crippen molar-refractivity contribution < 1.29 is 19.1 Å². The number of rotatable bonds is 7. The molecule has 0 aromatic heterocycles. The summed E-state index contributed by atoms with van der Waals surface area (Å²) in [7, 11) is 1.36. The van der Waals surface area contributed by atoms with Gasteiger partial charge in [-0.3, -0.25) is 14.9 Å². The maximum Gasteiger partial charge on any atom is 0.322 e. The number of benzene rings is 2. The van der Waals surface area contributed by atoms with Crippen LogP contribution in [0.15, 0.2) is 54.6 Å². The Labute approximate surface area is 171 Å². The van der Waals surface area contributed by atoms with E-state index in [9.17, 15) is 9.59 Å². The third-order valence-electron chi connectivity index (χ3n) is 4.99. The fourth-order valence-corrected chi connectivity index (χ4v) is 3.61. The van der Waals surface area contributed by atoms with Crippen molar-refractivity contribution in [3.63, 3.8) is 0 Å². The standard InChI is InChI=1S/C23H28N2O4/c1-15(2)24-22(26)19-13-20(23(27)28-3)25-21(19)17-10-7-11-18(12-17)29-14-16-8-5-4-6-9-16/h4-12,15,19-21,25H,13-14H2,1-3H3,(H,24,26)/t19-,20-,21-/m0/s1. The van der Waals surface area contributed by atoms with Gasteiger partial charge in [0.05, 0.1) is 13.0 Å². The van der Waals surface area contributed by atoms with Crippen LogP contribution in [0.5, 0.6) is 5.75 Å². The molecule has 6 nitrogen and oxygen atoms in total. The monoisotopic (exact) mass is 396 g/mol. The van der Waals surface area contributed by atoms with Crippen LogP contribution in [-0.2, 0) is 20.9 Å². The van der Waals surface area contributed by atoms with Crippen LogP contribution >= 0.6 is 0 Å². The maximum atomic E-state index is 12.8. The Balaban J connectivity index is 1.78. The molecule has 1 saturated heterocycles. The van der Waals surface area contributed by atoms with Crippen LogP contribution < -0.4 is 15.4 Å². The number of nitrogens with one attached hydrogen (secondary N) is 2. The van der Waals surface area contributed by atoms with Crippen LogP contribution in [-0.4, -0.2) is 31.1 Å². The molecule has 0 spiro atoms. The van der Waals surface area contributed by atoms with Gasteiger partial charge in [0.25, 0.3) is 0 Å². The molecule has 2 aromatic rings. The van der Waals surface area contributed by atoms with Crippen molar-refractivity contribution >= 4 is 11.9 Å². The van der Waals surface area contributed by atoms with E-state index in [-0.39, 0.29) is 29.9 Å². The predicted molar refractivity (Wildman–Crippen MR) is 110 cm³/mol. The predicted octanol–water partition coefficient (Wildman–Crippen LogP) is 2.98. The highest BCUT2D eigenvalue weighted by Gasteiger charge is 2.42. The van der Waals surface area contributed by atoms with Gasteiger partial charge in [-0.25, -0.2) is 0 Å². The molecule has 2 aromatic carbocycles. The molecule has 2 N–H and O–H groups in total. The minimum atomic E-state index is -0.512.